The number of amides is 2. The van der Waals surface area contributed by atoms with Gasteiger partial charge in [-0.2, -0.15) is 0 Å². The molecular formula is C27H29FN2O4S. The highest BCUT2D eigenvalue weighted by atomic mass is 32.1. The van der Waals surface area contributed by atoms with Gasteiger partial charge >= 0.3 is 0 Å². The molecule has 0 unspecified atom stereocenters. The Morgan fingerprint density at radius 3 is 2.37 bits per heavy atom. The fourth-order valence-electron chi connectivity index (χ4n) is 3.91. The molecule has 4 rings (SSSR count). The lowest BCUT2D eigenvalue weighted by Gasteiger charge is -2.28. The van der Waals surface area contributed by atoms with E-state index in [1.807, 2.05) is 18.4 Å². The van der Waals surface area contributed by atoms with Crippen molar-refractivity contribution >= 4 is 23.2 Å². The van der Waals surface area contributed by atoms with Crippen molar-refractivity contribution in [3.05, 3.63) is 81.3 Å². The normalized spacial score (nSPS) is 12.8. The van der Waals surface area contributed by atoms with Gasteiger partial charge in [0.05, 0.1) is 26.3 Å². The number of hydrogen-bond acceptors (Lipinski definition) is 5. The molecule has 8 heteroatoms. The predicted octanol–water partition coefficient (Wildman–Crippen LogP) is 5.05. The topological polar surface area (TPSA) is 59.1 Å². The predicted molar refractivity (Wildman–Crippen MR) is 133 cm³/mol. The first-order valence-electron chi connectivity index (χ1n) is 11.5. The Kier molecular flexibility index (Phi) is 7.70. The van der Waals surface area contributed by atoms with Gasteiger partial charge in [-0.05, 0) is 66.6 Å². The number of benzene rings is 2. The molecule has 1 fully saturated rings. The van der Waals surface area contributed by atoms with Gasteiger partial charge in [-0.15, -0.1) is 11.3 Å². The average molecular weight is 497 g/mol. The van der Waals surface area contributed by atoms with Gasteiger partial charge < -0.3 is 19.3 Å². The molecule has 1 aliphatic carbocycles. The summed E-state index contributed by atoms with van der Waals surface area (Å²) in [6.45, 7) is 2.74. The largest absolute Gasteiger partial charge is 0.497 e. The third-order valence-corrected chi connectivity index (χ3v) is 7.14. The van der Waals surface area contributed by atoms with Crippen molar-refractivity contribution in [3.8, 4) is 11.5 Å². The fraction of sp³-hybridized carbons (Fsp3) is 0.333. The molecule has 1 aromatic heterocycles. The lowest BCUT2D eigenvalue weighted by atomic mass is 10.1. The highest BCUT2D eigenvalue weighted by Crippen LogP contribution is 2.32. The lowest BCUT2D eigenvalue weighted by molar-refractivity contribution is -0.133. The maximum Gasteiger partial charge on any atom is 0.258 e. The smallest absolute Gasteiger partial charge is 0.258 e. The van der Waals surface area contributed by atoms with Crippen LogP contribution in [-0.2, 0) is 17.9 Å². The van der Waals surface area contributed by atoms with E-state index in [4.69, 9.17) is 9.47 Å². The third kappa shape index (κ3) is 6.00. The van der Waals surface area contributed by atoms with Crippen molar-refractivity contribution in [2.45, 2.75) is 38.9 Å². The van der Waals surface area contributed by atoms with Gasteiger partial charge in [-0.25, -0.2) is 4.39 Å². The Morgan fingerprint density at radius 1 is 1.03 bits per heavy atom. The Balaban J connectivity index is 1.57. The Bertz CT molecular complexity index is 1190. The summed E-state index contributed by atoms with van der Waals surface area (Å²) in [5.41, 5.74) is 2.34. The molecule has 2 aromatic carbocycles. The lowest BCUT2D eigenvalue weighted by Crippen LogP contribution is -2.43. The zero-order chi connectivity index (χ0) is 24.9. The second-order valence-electron chi connectivity index (χ2n) is 8.63. The average Bonchev–Trinajstić information content (AvgIpc) is 3.64. The van der Waals surface area contributed by atoms with Gasteiger partial charge in [0, 0.05) is 23.5 Å². The van der Waals surface area contributed by atoms with Gasteiger partial charge in [-0.3, -0.25) is 9.59 Å². The van der Waals surface area contributed by atoms with Gasteiger partial charge in [-0.1, -0.05) is 12.1 Å². The number of aryl methyl sites for hydroxylation is 1. The van der Waals surface area contributed by atoms with Crippen molar-refractivity contribution in [2.24, 2.45) is 0 Å². The Hall–Kier alpha value is -3.39. The van der Waals surface area contributed by atoms with Crippen molar-refractivity contribution < 1.29 is 23.5 Å². The monoisotopic (exact) mass is 496 g/mol. The number of hydrogen-bond donors (Lipinski definition) is 0. The first kappa shape index (κ1) is 24.7. The number of carbonyl (C=O) groups is 2. The molecule has 6 nitrogen and oxygen atoms in total. The number of methoxy groups -OCH3 is 2. The maximum atomic E-state index is 13.6. The van der Waals surface area contributed by atoms with E-state index in [1.165, 1.54) is 19.2 Å². The molecule has 184 valence electrons. The van der Waals surface area contributed by atoms with E-state index in [-0.39, 0.29) is 30.2 Å². The summed E-state index contributed by atoms with van der Waals surface area (Å²) >= 11 is 1.59. The minimum Gasteiger partial charge on any atom is -0.497 e. The van der Waals surface area contributed by atoms with Crippen LogP contribution in [-0.4, -0.2) is 48.4 Å². The standard InChI is InChI=1S/C27H29FN2O4S/c1-18-12-13-35-25(18)16-29(15-19-4-6-20(28)7-5-19)26(31)17-30(21-8-9-21)27(32)23-11-10-22(33-2)14-24(23)34-3/h4-7,10-14,21H,8-9,15-17H2,1-3H3. The number of halogens is 1. The SMILES string of the molecule is COc1ccc(C(=O)N(CC(=O)N(Cc2ccc(F)cc2)Cc2sccc2C)C2CC2)c(OC)c1. The summed E-state index contributed by atoms with van der Waals surface area (Å²) in [5.74, 6) is 0.276. The van der Waals surface area contributed by atoms with E-state index < -0.39 is 0 Å². The van der Waals surface area contributed by atoms with Gasteiger partial charge in [0.2, 0.25) is 5.91 Å². The van der Waals surface area contributed by atoms with Crippen LogP contribution in [0.1, 0.15) is 39.2 Å². The summed E-state index contributed by atoms with van der Waals surface area (Å²) < 4.78 is 24.1. The van der Waals surface area contributed by atoms with Crippen LogP contribution in [0.25, 0.3) is 0 Å². The number of carbonyl (C=O) groups excluding carboxylic acids is 2. The first-order chi connectivity index (χ1) is 16.9. The summed E-state index contributed by atoms with van der Waals surface area (Å²) in [6.07, 6.45) is 1.72. The zero-order valence-electron chi connectivity index (χ0n) is 20.1. The highest BCUT2D eigenvalue weighted by molar-refractivity contribution is 7.10. The molecule has 1 heterocycles. The highest BCUT2D eigenvalue weighted by Gasteiger charge is 2.36. The summed E-state index contributed by atoms with van der Waals surface area (Å²) in [4.78, 5) is 31.6. The number of ether oxygens (including phenoxy) is 2. The van der Waals surface area contributed by atoms with Crippen LogP contribution < -0.4 is 9.47 Å². The quantitative estimate of drug-likeness (QED) is 0.394. The summed E-state index contributed by atoms with van der Waals surface area (Å²) in [6, 6.07) is 13.3. The van der Waals surface area contributed by atoms with E-state index in [1.54, 1.807) is 58.6 Å². The molecule has 3 aromatic rings. The summed E-state index contributed by atoms with van der Waals surface area (Å²) in [5, 5.41) is 2.00. The summed E-state index contributed by atoms with van der Waals surface area (Å²) in [7, 11) is 3.06. The molecule has 0 spiro atoms. The molecule has 0 saturated heterocycles. The van der Waals surface area contributed by atoms with Crippen molar-refractivity contribution in [1.29, 1.82) is 0 Å². The molecule has 2 amide bonds. The third-order valence-electron chi connectivity index (χ3n) is 6.14. The van der Waals surface area contributed by atoms with E-state index in [9.17, 15) is 14.0 Å². The molecule has 0 atom stereocenters. The van der Waals surface area contributed by atoms with Gasteiger partial charge in [0.25, 0.3) is 5.91 Å². The zero-order valence-corrected chi connectivity index (χ0v) is 20.9. The van der Waals surface area contributed by atoms with Crippen molar-refractivity contribution in [2.75, 3.05) is 20.8 Å². The van der Waals surface area contributed by atoms with Crippen LogP contribution in [0.15, 0.2) is 53.9 Å². The van der Waals surface area contributed by atoms with Crippen LogP contribution in [0, 0.1) is 12.7 Å². The minimum absolute atomic E-state index is 0.0226. The molecule has 0 bridgehead atoms. The second-order valence-corrected chi connectivity index (χ2v) is 9.63. The van der Waals surface area contributed by atoms with Crippen LogP contribution >= 0.6 is 11.3 Å². The molecule has 1 saturated carbocycles. The van der Waals surface area contributed by atoms with Gasteiger partial charge in [0.15, 0.2) is 0 Å². The van der Waals surface area contributed by atoms with Crippen molar-refractivity contribution in [1.82, 2.24) is 9.80 Å². The number of nitrogens with zero attached hydrogens (tertiary/aromatic N) is 2. The van der Waals surface area contributed by atoms with Crippen LogP contribution in [0.2, 0.25) is 0 Å². The molecule has 0 aliphatic heterocycles. The molecular weight excluding hydrogens is 467 g/mol. The van der Waals surface area contributed by atoms with Gasteiger partial charge in [0.1, 0.15) is 23.9 Å². The minimum atomic E-state index is -0.320. The fourth-order valence-corrected chi connectivity index (χ4v) is 4.83. The van der Waals surface area contributed by atoms with Crippen LogP contribution in [0.5, 0.6) is 11.5 Å². The number of rotatable bonds is 10. The van der Waals surface area contributed by atoms with E-state index in [2.05, 4.69) is 0 Å². The molecule has 35 heavy (non-hydrogen) atoms. The van der Waals surface area contributed by atoms with Crippen LogP contribution in [0.3, 0.4) is 0 Å². The van der Waals surface area contributed by atoms with E-state index >= 15 is 0 Å². The maximum absolute atomic E-state index is 13.6. The van der Waals surface area contributed by atoms with Crippen molar-refractivity contribution in [3.63, 3.8) is 0 Å². The van der Waals surface area contributed by atoms with E-state index in [0.29, 0.717) is 30.2 Å². The molecule has 0 N–H and O–H groups in total. The molecule has 0 radical (unpaired) electrons. The second kappa shape index (κ2) is 10.9. The number of thiophene rings is 1. The van der Waals surface area contributed by atoms with Crippen LogP contribution in [0.4, 0.5) is 4.39 Å². The Labute approximate surface area is 208 Å². The Morgan fingerprint density at radius 2 is 1.77 bits per heavy atom. The van der Waals surface area contributed by atoms with E-state index in [0.717, 1.165) is 28.8 Å². The first-order valence-corrected chi connectivity index (χ1v) is 12.4. The molecule has 1 aliphatic rings.